The summed E-state index contributed by atoms with van der Waals surface area (Å²) in [6.45, 7) is 3.99. The molecule has 2 heterocycles. The van der Waals surface area contributed by atoms with Crippen molar-refractivity contribution in [2.75, 3.05) is 19.5 Å². The number of thioether (sulfide) groups is 1. The number of carbonyl (C=O) groups is 1. The topological polar surface area (TPSA) is 86.2 Å². The van der Waals surface area contributed by atoms with Crippen molar-refractivity contribution >= 4 is 39.7 Å². The van der Waals surface area contributed by atoms with Gasteiger partial charge in [-0.25, -0.2) is 9.55 Å². The molecule has 0 saturated heterocycles. The van der Waals surface area contributed by atoms with Gasteiger partial charge in [0.25, 0.3) is 5.56 Å². The van der Waals surface area contributed by atoms with E-state index in [4.69, 9.17) is 14.5 Å². The van der Waals surface area contributed by atoms with E-state index in [0.29, 0.717) is 34.2 Å². The van der Waals surface area contributed by atoms with Crippen molar-refractivity contribution in [3.05, 3.63) is 58.4 Å². The highest BCUT2D eigenvalue weighted by atomic mass is 32.2. The number of aryl methyl sites for hydroxylation is 1. The van der Waals surface area contributed by atoms with Crippen LogP contribution < -0.4 is 10.3 Å². The van der Waals surface area contributed by atoms with Crippen LogP contribution in [-0.2, 0) is 9.53 Å². The van der Waals surface area contributed by atoms with Gasteiger partial charge < -0.3 is 14.5 Å². The van der Waals surface area contributed by atoms with Crippen molar-refractivity contribution in [3.8, 4) is 11.4 Å². The molecule has 2 aromatic heterocycles. The van der Waals surface area contributed by atoms with Crippen molar-refractivity contribution in [1.29, 1.82) is 0 Å². The summed E-state index contributed by atoms with van der Waals surface area (Å²) in [6, 6.07) is 13.2. The summed E-state index contributed by atoms with van der Waals surface area (Å²) in [5, 5.41) is 1.25. The Labute approximate surface area is 177 Å². The van der Waals surface area contributed by atoms with E-state index in [-0.39, 0.29) is 17.3 Å². The Hall–Kier alpha value is -3.26. The second-order valence-corrected chi connectivity index (χ2v) is 7.64. The number of rotatable bonds is 6. The molecule has 0 bridgehead atoms. The molecule has 0 fully saturated rings. The van der Waals surface area contributed by atoms with Crippen molar-refractivity contribution in [2.24, 2.45) is 0 Å². The molecule has 8 heteroatoms. The molecule has 4 aromatic rings. The smallest absolute Gasteiger partial charge is 0.316 e. The predicted molar refractivity (Wildman–Crippen MR) is 118 cm³/mol. The van der Waals surface area contributed by atoms with Crippen molar-refractivity contribution in [2.45, 2.75) is 19.0 Å². The Morgan fingerprint density at radius 1 is 1.23 bits per heavy atom. The first-order valence-electron chi connectivity index (χ1n) is 9.50. The van der Waals surface area contributed by atoms with Crippen molar-refractivity contribution in [3.63, 3.8) is 0 Å². The summed E-state index contributed by atoms with van der Waals surface area (Å²) in [4.78, 5) is 33.5. The molecule has 1 N–H and O–H groups in total. The van der Waals surface area contributed by atoms with Crippen LogP contribution in [0.1, 0.15) is 12.5 Å². The Balaban J connectivity index is 1.99. The molecule has 0 spiro atoms. The van der Waals surface area contributed by atoms with E-state index in [1.165, 1.54) is 4.57 Å². The van der Waals surface area contributed by atoms with E-state index in [1.54, 1.807) is 14.0 Å². The molecular weight excluding hydrogens is 402 g/mol. The molecular formula is C22H21N3O4S. The van der Waals surface area contributed by atoms with Crippen LogP contribution in [0.5, 0.6) is 5.75 Å². The molecule has 2 aromatic carbocycles. The fourth-order valence-electron chi connectivity index (χ4n) is 3.35. The lowest BCUT2D eigenvalue weighted by molar-refractivity contribution is -0.139. The van der Waals surface area contributed by atoms with E-state index in [9.17, 15) is 9.59 Å². The van der Waals surface area contributed by atoms with Gasteiger partial charge in [0.2, 0.25) is 0 Å². The minimum Gasteiger partial charge on any atom is -0.495 e. The van der Waals surface area contributed by atoms with Crippen LogP contribution in [0.4, 0.5) is 0 Å². The van der Waals surface area contributed by atoms with Crippen LogP contribution in [-0.4, -0.2) is 40.0 Å². The fraction of sp³-hybridized carbons (Fsp3) is 0.227. The lowest BCUT2D eigenvalue weighted by Gasteiger charge is -2.15. The van der Waals surface area contributed by atoms with Gasteiger partial charge in [-0.3, -0.25) is 9.59 Å². The molecule has 154 valence electrons. The summed E-state index contributed by atoms with van der Waals surface area (Å²) < 4.78 is 12.0. The number of nitrogens with one attached hydrogen (secondary N) is 1. The molecule has 0 aliphatic heterocycles. The van der Waals surface area contributed by atoms with Gasteiger partial charge in [-0.15, -0.1) is 0 Å². The maximum atomic E-state index is 13.6. The normalized spacial score (nSPS) is 11.2. The molecule has 0 atom stereocenters. The third kappa shape index (κ3) is 3.54. The second kappa shape index (κ2) is 8.23. The summed E-state index contributed by atoms with van der Waals surface area (Å²) in [5.41, 5.74) is 3.08. The number of nitrogens with zero attached hydrogens (tertiary/aromatic N) is 2. The number of fused-ring (bicyclic) bond motifs is 3. The van der Waals surface area contributed by atoms with Crippen LogP contribution in [0.15, 0.2) is 52.4 Å². The average Bonchev–Trinajstić information content (AvgIpc) is 3.12. The third-order valence-electron chi connectivity index (χ3n) is 4.69. The van der Waals surface area contributed by atoms with E-state index >= 15 is 0 Å². The third-order valence-corrected chi connectivity index (χ3v) is 5.61. The Bertz CT molecular complexity index is 1310. The lowest BCUT2D eigenvalue weighted by Crippen LogP contribution is -2.23. The highest BCUT2D eigenvalue weighted by Crippen LogP contribution is 2.30. The SMILES string of the molecule is CCOC(=O)CSc1nc2c([nH]c3ccccc32)c(=O)n1-c1cc(C)ccc1OC. The van der Waals surface area contributed by atoms with E-state index in [1.807, 2.05) is 49.4 Å². The quantitative estimate of drug-likeness (QED) is 0.288. The number of para-hydroxylation sites is 1. The second-order valence-electron chi connectivity index (χ2n) is 6.70. The van der Waals surface area contributed by atoms with E-state index < -0.39 is 0 Å². The maximum Gasteiger partial charge on any atom is 0.316 e. The largest absolute Gasteiger partial charge is 0.495 e. The summed E-state index contributed by atoms with van der Waals surface area (Å²) in [6.07, 6.45) is 0. The van der Waals surface area contributed by atoms with Crippen LogP contribution in [0.25, 0.3) is 27.6 Å². The van der Waals surface area contributed by atoms with Gasteiger partial charge in [-0.2, -0.15) is 0 Å². The van der Waals surface area contributed by atoms with Gasteiger partial charge in [0.05, 0.1) is 25.2 Å². The Morgan fingerprint density at radius 3 is 2.80 bits per heavy atom. The molecule has 0 amide bonds. The average molecular weight is 423 g/mol. The molecule has 0 aliphatic carbocycles. The monoisotopic (exact) mass is 423 g/mol. The highest BCUT2D eigenvalue weighted by molar-refractivity contribution is 7.99. The molecule has 0 saturated carbocycles. The first-order valence-corrected chi connectivity index (χ1v) is 10.5. The van der Waals surface area contributed by atoms with Crippen LogP contribution in [0, 0.1) is 6.92 Å². The molecule has 0 radical (unpaired) electrons. The van der Waals surface area contributed by atoms with Gasteiger partial charge in [0.1, 0.15) is 16.8 Å². The molecule has 4 rings (SSSR count). The zero-order valence-electron chi connectivity index (χ0n) is 16.9. The summed E-state index contributed by atoms with van der Waals surface area (Å²) >= 11 is 1.16. The van der Waals surface area contributed by atoms with Gasteiger partial charge in [0, 0.05) is 10.9 Å². The van der Waals surface area contributed by atoms with E-state index in [2.05, 4.69) is 4.98 Å². The first kappa shape index (κ1) is 20.0. The number of H-pyrrole nitrogens is 1. The van der Waals surface area contributed by atoms with Crippen molar-refractivity contribution in [1.82, 2.24) is 14.5 Å². The van der Waals surface area contributed by atoms with Crippen LogP contribution in [0.2, 0.25) is 0 Å². The minimum absolute atomic E-state index is 0.0439. The van der Waals surface area contributed by atoms with Gasteiger partial charge >= 0.3 is 5.97 Å². The molecule has 0 unspecified atom stereocenters. The number of benzene rings is 2. The van der Waals surface area contributed by atoms with Crippen molar-refractivity contribution < 1.29 is 14.3 Å². The number of hydrogen-bond donors (Lipinski definition) is 1. The maximum absolute atomic E-state index is 13.6. The Morgan fingerprint density at radius 2 is 2.03 bits per heavy atom. The zero-order chi connectivity index (χ0) is 21.3. The zero-order valence-corrected chi connectivity index (χ0v) is 17.7. The fourth-order valence-corrected chi connectivity index (χ4v) is 4.15. The standard InChI is InChI=1S/C22H21N3O4S/c1-4-29-18(26)12-30-22-24-19-14-7-5-6-8-15(14)23-20(19)21(27)25(22)16-11-13(2)9-10-17(16)28-3/h5-11,23H,4,12H2,1-3H3. The van der Waals surface area contributed by atoms with Crippen LogP contribution in [0.3, 0.4) is 0 Å². The van der Waals surface area contributed by atoms with Gasteiger partial charge in [-0.1, -0.05) is 36.0 Å². The number of methoxy groups -OCH3 is 1. The number of aromatic nitrogens is 3. The van der Waals surface area contributed by atoms with Gasteiger partial charge in [0.15, 0.2) is 5.16 Å². The molecule has 0 aliphatic rings. The Kier molecular flexibility index (Phi) is 5.50. The van der Waals surface area contributed by atoms with Gasteiger partial charge in [-0.05, 0) is 37.6 Å². The predicted octanol–water partition coefficient (Wildman–Crippen LogP) is 3.84. The lowest BCUT2D eigenvalue weighted by atomic mass is 10.2. The minimum atomic E-state index is -0.362. The first-order chi connectivity index (χ1) is 14.5. The number of hydrogen-bond acceptors (Lipinski definition) is 6. The summed E-state index contributed by atoms with van der Waals surface area (Å²) in [5.74, 6) is 0.221. The molecule has 30 heavy (non-hydrogen) atoms. The number of aromatic amines is 1. The van der Waals surface area contributed by atoms with E-state index in [0.717, 1.165) is 28.2 Å². The summed E-state index contributed by atoms with van der Waals surface area (Å²) in [7, 11) is 1.56. The van der Waals surface area contributed by atoms with Crippen LogP contribution >= 0.6 is 11.8 Å². The number of carbonyl (C=O) groups excluding carboxylic acids is 1. The highest BCUT2D eigenvalue weighted by Gasteiger charge is 2.20. The number of ether oxygens (including phenoxy) is 2. The molecule has 7 nitrogen and oxygen atoms in total. The number of esters is 1.